The van der Waals surface area contributed by atoms with Crippen molar-refractivity contribution < 1.29 is 31.9 Å². The van der Waals surface area contributed by atoms with Gasteiger partial charge in [0.2, 0.25) is 0 Å². The first-order valence-electron chi connectivity index (χ1n) is 8.53. The fourth-order valence-corrected chi connectivity index (χ4v) is 3.16. The Labute approximate surface area is 177 Å². The van der Waals surface area contributed by atoms with E-state index in [2.05, 4.69) is 23.0 Å². The van der Waals surface area contributed by atoms with Crippen molar-refractivity contribution in [2.45, 2.75) is 6.18 Å². The first-order chi connectivity index (χ1) is 14.5. The van der Waals surface area contributed by atoms with Crippen LogP contribution in [0.25, 0.3) is 24.4 Å². The molecule has 2 aromatic carbocycles. The molecule has 0 bridgehead atoms. The molecule has 0 spiro atoms. The van der Waals surface area contributed by atoms with Gasteiger partial charge >= 0.3 is 12.1 Å². The van der Waals surface area contributed by atoms with Crippen molar-refractivity contribution >= 4 is 36.6 Å². The summed E-state index contributed by atoms with van der Waals surface area (Å²) < 4.78 is 59.9. The van der Waals surface area contributed by atoms with Crippen LogP contribution in [0.1, 0.15) is 26.3 Å². The summed E-state index contributed by atoms with van der Waals surface area (Å²) in [6, 6.07) is 6.29. The van der Waals surface area contributed by atoms with Gasteiger partial charge in [-0.1, -0.05) is 30.8 Å². The van der Waals surface area contributed by atoms with Crippen molar-refractivity contribution in [2.24, 2.45) is 0 Å². The van der Waals surface area contributed by atoms with Gasteiger partial charge in [-0.3, -0.25) is 4.79 Å². The number of carbonyl (C=O) groups is 2. The van der Waals surface area contributed by atoms with Crippen molar-refractivity contribution in [3.05, 3.63) is 74.5 Å². The van der Waals surface area contributed by atoms with Gasteiger partial charge in [-0.2, -0.15) is 23.0 Å². The smallest absolute Gasteiger partial charge is 0.417 e. The highest BCUT2D eigenvalue weighted by Crippen LogP contribution is 2.35. The Balaban J connectivity index is 2.16. The zero-order chi connectivity index (χ0) is 23.1. The zero-order valence-electron chi connectivity index (χ0n) is 15.9. The van der Waals surface area contributed by atoms with Crippen LogP contribution in [0.15, 0.2) is 36.4 Å². The number of hydrogen-bond acceptors (Lipinski definition) is 4. The molecule has 31 heavy (non-hydrogen) atoms. The number of aromatic nitrogens is 2. The average Bonchev–Trinajstić information content (AvgIpc) is 3.00. The number of nitrogens with zero attached hydrogens (tertiary/aromatic N) is 2. The Bertz CT molecular complexity index is 1320. The summed E-state index contributed by atoms with van der Waals surface area (Å²) in [7, 11) is 1.13. The number of ether oxygens (including phenoxy) is 1. The molecule has 0 aliphatic heterocycles. The van der Waals surface area contributed by atoms with E-state index in [9.17, 15) is 27.2 Å². The van der Waals surface area contributed by atoms with Crippen LogP contribution in [0.4, 0.5) is 17.6 Å². The minimum absolute atomic E-state index is 0.0127. The molecule has 3 rings (SSSR count). The lowest BCUT2D eigenvalue weighted by Crippen LogP contribution is -2.33. The van der Waals surface area contributed by atoms with Crippen LogP contribution in [0.5, 0.6) is 0 Å². The summed E-state index contributed by atoms with van der Waals surface area (Å²) >= 11 is 5.88. The number of benzene rings is 2. The van der Waals surface area contributed by atoms with E-state index in [1.165, 1.54) is 12.1 Å². The lowest BCUT2D eigenvalue weighted by Gasteiger charge is -2.13. The first-order valence-corrected chi connectivity index (χ1v) is 8.90. The molecule has 0 N–H and O–H groups in total. The van der Waals surface area contributed by atoms with Crippen LogP contribution in [0, 0.1) is 5.82 Å². The van der Waals surface area contributed by atoms with Crippen molar-refractivity contribution in [3.63, 3.8) is 0 Å². The van der Waals surface area contributed by atoms with Gasteiger partial charge in [0.05, 0.1) is 34.2 Å². The summed E-state index contributed by atoms with van der Waals surface area (Å²) in [5.74, 6) is -2.85. The Morgan fingerprint density at radius 2 is 1.84 bits per heavy atom. The van der Waals surface area contributed by atoms with Crippen molar-refractivity contribution in [1.29, 1.82) is 0 Å². The summed E-state index contributed by atoms with van der Waals surface area (Å²) in [5.41, 5.74) is -2.40. The van der Waals surface area contributed by atoms with Crippen molar-refractivity contribution in [3.8, 4) is 11.3 Å². The second kappa shape index (κ2) is 7.99. The second-order valence-corrected chi connectivity index (χ2v) is 6.74. The van der Waals surface area contributed by atoms with Crippen LogP contribution in [0.2, 0.25) is 5.02 Å². The minimum Gasteiger partial charge on any atom is -0.465 e. The molecule has 5 nitrogen and oxygen atoms in total. The van der Waals surface area contributed by atoms with E-state index in [0.717, 1.165) is 25.3 Å². The van der Waals surface area contributed by atoms with Gasteiger partial charge < -0.3 is 4.74 Å². The Morgan fingerprint density at radius 3 is 2.42 bits per heavy atom. The third-order valence-electron chi connectivity index (χ3n) is 4.46. The maximum absolute atomic E-state index is 14.6. The molecule has 0 unspecified atom stereocenters. The maximum atomic E-state index is 14.6. The number of alkyl halides is 3. The van der Waals surface area contributed by atoms with Gasteiger partial charge in [0, 0.05) is 10.8 Å². The third kappa shape index (κ3) is 3.96. The zero-order valence-corrected chi connectivity index (χ0v) is 16.6. The van der Waals surface area contributed by atoms with Crippen molar-refractivity contribution in [1.82, 2.24) is 9.78 Å². The Kier molecular flexibility index (Phi) is 5.73. The van der Waals surface area contributed by atoms with Gasteiger partial charge in [-0.25, -0.2) is 9.18 Å². The lowest BCUT2D eigenvalue weighted by molar-refractivity contribution is -0.137. The van der Waals surface area contributed by atoms with Gasteiger partial charge in [0.1, 0.15) is 11.5 Å². The Morgan fingerprint density at radius 1 is 1.16 bits per heavy atom. The predicted molar refractivity (Wildman–Crippen MR) is 105 cm³/mol. The van der Waals surface area contributed by atoms with Crippen LogP contribution < -0.4 is 10.6 Å². The van der Waals surface area contributed by atoms with E-state index < -0.39 is 40.0 Å². The second-order valence-electron chi connectivity index (χ2n) is 6.34. The summed E-state index contributed by atoms with van der Waals surface area (Å²) in [6.07, 6.45) is -4.85. The molecule has 0 amide bonds. The normalized spacial score (nSPS) is 11.4. The van der Waals surface area contributed by atoms with Gasteiger partial charge in [-0.15, -0.1) is 0 Å². The van der Waals surface area contributed by atoms with E-state index in [1.807, 2.05) is 0 Å². The van der Waals surface area contributed by atoms with Crippen molar-refractivity contribution in [2.75, 3.05) is 7.11 Å². The molecule has 0 saturated heterocycles. The number of methoxy groups -OCH3 is 1. The van der Waals surface area contributed by atoms with E-state index >= 15 is 0 Å². The molecule has 1 heterocycles. The third-order valence-corrected chi connectivity index (χ3v) is 4.78. The van der Waals surface area contributed by atoms with Crippen LogP contribution in [0.3, 0.4) is 0 Å². The molecular formula is C21H13ClF4N2O3. The highest BCUT2D eigenvalue weighted by atomic mass is 35.5. The summed E-state index contributed by atoms with van der Waals surface area (Å²) in [5, 5.41) is 3.36. The minimum atomic E-state index is -4.85. The number of esters is 1. The Hall–Kier alpha value is -3.46. The average molecular weight is 453 g/mol. The van der Waals surface area contributed by atoms with Gasteiger partial charge in [-0.05, 0) is 30.3 Å². The summed E-state index contributed by atoms with van der Waals surface area (Å²) in [4.78, 5) is 24.5. The molecule has 10 heteroatoms. The first kappa shape index (κ1) is 22.2. The molecule has 160 valence electrons. The standard InChI is InChI=1S/C21H13ClF4N2O3/c1-10-11(2)28(19(29)17-14(21(24,25)26)5-4-6-15(17)22)27-18(10)13-8-7-12(9-16(13)23)20(30)31-3/h4-9H,1-2H2,3H3. The number of rotatable bonds is 3. The molecule has 3 aromatic rings. The molecule has 0 atom stereocenters. The van der Waals surface area contributed by atoms with E-state index in [0.29, 0.717) is 10.7 Å². The van der Waals surface area contributed by atoms with E-state index in [1.54, 1.807) is 0 Å². The fourth-order valence-electron chi connectivity index (χ4n) is 2.91. The molecule has 0 fully saturated rings. The quantitative estimate of drug-likeness (QED) is 0.449. The molecule has 0 saturated carbocycles. The van der Waals surface area contributed by atoms with Crippen LogP contribution in [-0.2, 0) is 10.9 Å². The molecular weight excluding hydrogens is 440 g/mol. The summed E-state index contributed by atoms with van der Waals surface area (Å²) in [6.45, 7) is 7.31. The molecule has 0 aliphatic carbocycles. The monoisotopic (exact) mass is 452 g/mol. The fraction of sp³-hybridized carbons (Fsp3) is 0.0952. The molecule has 1 aromatic heterocycles. The molecule has 0 radical (unpaired) electrons. The van der Waals surface area contributed by atoms with E-state index in [4.69, 9.17) is 11.6 Å². The van der Waals surface area contributed by atoms with Crippen LogP contribution >= 0.6 is 11.6 Å². The topological polar surface area (TPSA) is 61.2 Å². The van der Waals surface area contributed by atoms with Crippen LogP contribution in [-0.4, -0.2) is 28.8 Å². The number of carbonyl (C=O) groups excluding carboxylic acids is 2. The highest BCUT2D eigenvalue weighted by molar-refractivity contribution is 6.34. The highest BCUT2D eigenvalue weighted by Gasteiger charge is 2.37. The SMILES string of the molecule is C=c1c(-c2ccc(C(=O)OC)cc2F)nn(C(=O)c2c(Cl)cccc2C(F)(F)F)c1=C. The number of halogens is 5. The van der Waals surface area contributed by atoms with Gasteiger partial charge in [0.15, 0.2) is 0 Å². The molecule has 0 aliphatic rings. The van der Waals surface area contributed by atoms with Gasteiger partial charge in [0.25, 0.3) is 5.91 Å². The lowest BCUT2D eigenvalue weighted by atomic mass is 10.1. The van der Waals surface area contributed by atoms with E-state index in [-0.39, 0.29) is 27.4 Å². The number of hydrogen-bond donors (Lipinski definition) is 0. The maximum Gasteiger partial charge on any atom is 0.417 e. The largest absolute Gasteiger partial charge is 0.465 e. The predicted octanol–water partition coefficient (Wildman–Crippen LogP) is 3.66.